The molecule has 160 valence electrons. The van der Waals surface area contributed by atoms with E-state index in [-0.39, 0.29) is 10.3 Å². The summed E-state index contributed by atoms with van der Waals surface area (Å²) in [5.41, 5.74) is 1.65. The summed E-state index contributed by atoms with van der Waals surface area (Å²) in [5, 5.41) is 6.57. The fourth-order valence-corrected chi connectivity index (χ4v) is 4.62. The molecule has 0 amide bonds. The fourth-order valence-electron chi connectivity index (χ4n) is 3.38. The molecular weight excluding hydrogens is 432 g/mol. The molecule has 1 N–H and O–H groups in total. The third-order valence-electron chi connectivity index (χ3n) is 5.03. The zero-order chi connectivity index (χ0) is 22.4. The summed E-state index contributed by atoms with van der Waals surface area (Å²) >= 11 is 6.29. The minimum absolute atomic E-state index is 0.0627. The van der Waals surface area contributed by atoms with Crippen molar-refractivity contribution in [3.8, 4) is 5.82 Å². The van der Waals surface area contributed by atoms with Crippen molar-refractivity contribution in [1.82, 2.24) is 14.8 Å². The van der Waals surface area contributed by atoms with Crippen LogP contribution in [-0.4, -0.2) is 23.2 Å². The Morgan fingerprint density at radius 2 is 1.65 bits per heavy atom. The highest BCUT2D eigenvalue weighted by molar-refractivity contribution is 7.92. The second-order valence-electron chi connectivity index (χ2n) is 8.44. The first-order valence-electron chi connectivity index (χ1n) is 9.80. The fraction of sp³-hybridized carbons (Fsp3) is 0.217. The average Bonchev–Trinajstić information content (AvgIpc) is 3.07. The van der Waals surface area contributed by atoms with E-state index in [1.807, 2.05) is 36.4 Å². The maximum absolute atomic E-state index is 13.1. The van der Waals surface area contributed by atoms with Crippen LogP contribution in [0.15, 0.2) is 65.7 Å². The Bertz CT molecular complexity index is 1370. The highest BCUT2D eigenvalue weighted by atomic mass is 35.5. The van der Waals surface area contributed by atoms with Crippen LogP contribution in [-0.2, 0) is 15.4 Å². The van der Waals surface area contributed by atoms with Crippen LogP contribution in [0.3, 0.4) is 0 Å². The van der Waals surface area contributed by atoms with Crippen molar-refractivity contribution < 1.29 is 8.42 Å². The molecule has 0 fully saturated rings. The molecule has 0 aliphatic heterocycles. The average molecular weight is 455 g/mol. The minimum Gasteiger partial charge on any atom is -0.263 e. The first-order chi connectivity index (χ1) is 14.6. The smallest absolute Gasteiger partial charge is 0.263 e. The standard InChI is InChI=1S/C23H23ClN4O2S/c1-15-13-21(27-31(29,30)17-11-9-16(10-12-17)23(2,3)4)28(26-15)22-19-8-6-5-7-18(19)20(24)14-25-22/h5-14,27H,1-4H3. The van der Waals surface area contributed by atoms with Gasteiger partial charge in [-0.25, -0.2) is 13.4 Å². The summed E-state index contributed by atoms with van der Waals surface area (Å²) < 4.78 is 30.3. The van der Waals surface area contributed by atoms with E-state index in [9.17, 15) is 8.42 Å². The summed E-state index contributed by atoms with van der Waals surface area (Å²) in [6.07, 6.45) is 1.54. The Labute approximate surface area is 186 Å². The number of anilines is 1. The van der Waals surface area contributed by atoms with Crippen LogP contribution in [0.4, 0.5) is 5.82 Å². The van der Waals surface area contributed by atoms with E-state index in [1.165, 1.54) is 4.68 Å². The lowest BCUT2D eigenvalue weighted by atomic mass is 9.87. The topological polar surface area (TPSA) is 76.9 Å². The largest absolute Gasteiger partial charge is 0.263 e. The van der Waals surface area contributed by atoms with Gasteiger partial charge in [0.15, 0.2) is 5.82 Å². The first kappa shape index (κ1) is 21.3. The molecule has 0 atom stereocenters. The molecular formula is C23H23ClN4O2S. The zero-order valence-electron chi connectivity index (χ0n) is 17.7. The van der Waals surface area contributed by atoms with Gasteiger partial charge in [-0.3, -0.25) is 4.72 Å². The predicted octanol–water partition coefficient (Wildman–Crippen LogP) is 5.48. The molecule has 31 heavy (non-hydrogen) atoms. The summed E-state index contributed by atoms with van der Waals surface area (Å²) in [6.45, 7) is 8.04. The highest BCUT2D eigenvalue weighted by Crippen LogP contribution is 2.29. The van der Waals surface area contributed by atoms with Gasteiger partial charge >= 0.3 is 0 Å². The van der Waals surface area contributed by atoms with Gasteiger partial charge in [-0.05, 0) is 30.0 Å². The van der Waals surface area contributed by atoms with Crippen molar-refractivity contribution in [3.05, 3.63) is 77.1 Å². The quantitative estimate of drug-likeness (QED) is 0.443. The molecule has 0 aliphatic rings. The molecule has 0 aliphatic carbocycles. The number of pyridine rings is 1. The molecule has 0 unspecified atom stereocenters. The SMILES string of the molecule is Cc1cc(NS(=O)(=O)c2ccc(C(C)(C)C)cc2)n(-c2ncc(Cl)c3ccccc23)n1. The van der Waals surface area contributed by atoms with Gasteiger partial charge in [0.1, 0.15) is 5.82 Å². The van der Waals surface area contributed by atoms with E-state index < -0.39 is 10.0 Å². The number of halogens is 1. The van der Waals surface area contributed by atoms with Gasteiger partial charge in [0.25, 0.3) is 10.0 Å². The number of aromatic nitrogens is 3. The molecule has 8 heteroatoms. The molecule has 0 bridgehead atoms. The molecule has 2 aromatic heterocycles. The van der Waals surface area contributed by atoms with Crippen molar-refractivity contribution in [2.24, 2.45) is 0 Å². The third-order valence-corrected chi connectivity index (χ3v) is 6.70. The molecule has 6 nitrogen and oxygen atoms in total. The Balaban J connectivity index is 1.76. The summed E-state index contributed by atoms with van der Waals surface area (Å²) in [7, 11) is -3.82. The lowest BCUT2D eigenvalue weighted by Gasteiger charge is -2.19. The number of fused-ring (bicyclic) bond motifs is 1. The second-order valence-corrected chi connectivity index (χ2v) is 10.5. The number of hydrogen-bond donors (Lipinski definition) is 1. The lowest BCUT2D eigenvalue weighted by molar-refractivity contribution is 0.587. The van der Waals surface area contributed by atoms with Crippen molar-refractivity contribution in [3.63, 3.8) is 0 Å². The predicted molar refractivity (Wildman–Crippen MR) is 125 cm³/mol. The molecule has 2 aromatic carbocycles. The number of nitrogens with zero attached hydrogens (tertiary/aromatic N) is 3. The summed E-state index contributed by atoms with van der Waals surface area (Å²) in [5.74, 6) is 0.797. The van der Waals surface area contributed by atoms with Crippen molar-refractivity contribution in [2.45, 2.75) is 38.0 Å². The number of rotatable bonds is 4. The van der Waals surface area contributed by atoms with Gasteiger partial charge in [-0.2, -0.15) is 9.78 Å². The van der Waals surface area contributed by atoms with Crippen LogP contribution in [0.1, 0.15) is 32.0 Å². The van der Waals surface area contributed by atoms with Crippen LogP contribution >= 0.6 is 11.6 Å². The monoisotopic (exact) mass is 454 g/mol. The maximum Gasteiger partial charge on any atom is 0.263 e. The van der Waals surface area contributed by atoms with Crippen molar-refractivity contribution in [1.29, 1.82) is 0 Å². The first-order valence-corrected chi connectivity index (χ1v) is 11.7. The normalized spacial score (nSPS) is 12.3. The van der Waals surface area contributed by atoms with E-state index in [1.54, 1.807) is 31.3 Å². The Kier molecular flexibility index (Phi) is 5.27. The second kappa shape index (κ2) is 7.66. The zero-order valence-corrected chi connectivity index (χ0v) is 19.3. The Morgan fingerprint density at radius 3 is 2.29 bits per heavy atom. The Morgan fingerprint density at radius 1 is 1.00 bits per heavy atom. The van der Waals surface area contributed by atoms with Crippen LogP contribution in [0, 0.1) is 6.92 Å². The summed E-state index contributed by atoms with van der Waals surface area (Å²) in [4.78, 5) is 4.61. The van der Waals surface area contributed by atoms with Gasteiger partial charge in [0, 0.05) is 23.0 Å². The van der Waals surface area contributed by atoms with E-state index in [0.717, 1.165) is 16.3 Å². The van der Waals surface area contributed by atoms with Gasteiger partial charge in [0.05, 0.1) is 15.6 Å². The number of benzene rings is 2. The molecule has 0 saturated carbocycles. The van der Waals surface area contributed by atoms with E-state index >= 15 is 0 Å². The lowest BCUT2D eigenvalue weighted by Crippen LogP contribution is -2.17. The van der Waals surface area contributed by atoms with Gasteiger partial charge in [-0.1, -0.05) is 68.8 Å². The number of nitrogens with one attached hydrogen (secondary N) is 1. The maximum atomic E-state index is 13.1. The van der Waals surface area contributed by atoms with Crippen LogP contribution in [0.2, 0.25) is 5.02 Å². The molecule has 0 spiro atoms. The molecule has 4 rings (SSSR count). The molecule has 4 aromatic rings. The third kappa shape index (κ3) is 4.16. The minimum atomic E-state index is -3.82. The summed E-state index contributed by atoms with van der Waals surface area (Å²) in [6, 6.07) is 16.1. The van der Waals surface area contributed by atoms with E-state index in [4.69, 9.17) is 11.6 Å². The van der Waals surface area contributed by atoms with Crippen molar-refractivity contribution in [2.75, 3.05) is 4.72 Å². The molecule has 0 radical (unpaired) electrons. The van der Waals surface area contributed by atoms with Crippen LogP contribution in [0.5, 0.6) is 0 Å². The number of sulfonamides is 1. The van der Waals surface area contributed by atoms with E-state index in [0.29, 0.717) is 22.4 Å². The highest BCUT2D eigenvalue weighted by Gasteiger charge is 2.21. The Hall–Kier alpha value is -2.90. The van der Waals surface area contributed by atoms with Gasteiger partial charge < -0.3 is 0 Å². The van der Waals surface area contributed by atoms with E-state index in [2.05, 4.69) is 35.6 Å². The van der Waals surface area contributed by atoms with Gasteiger partial charge in [-0.15, -0.1) is 0 Å². The molecule has 0 saturated heterocycles. The van der Waals surface area contributed by atoms with Crippen LogP contribution < -0.4 is 4.72 Å². The van der Waals surface area contributed by atoms with Crippen molar-refractivity contribution >= 4 is 38.2 Å². The number of hydrogen-bond acceptors (Lipinski definition) is 4. The molecule has 2 heterocycles. The number of aryl methyl sites for hydroxylation is 1. The van der Waals surface area contributed by atoms with Gasteiger partial charge in [0.2, 0.25) is 0 Å². The van der Waals surface area contributed by atoms with Crippen LogP contribution in [0.25, 0.3) is 16.6 Å².